The highest BCUT2D eigenvalue weighted by Gasteiger charge is 2.26. The van der Waals surface area contributed by atoms with Crippen LogP contribution in [0, 0.1) is 5.92 Å². The predicted molar refractivity (Wildman–Crippen MR) is 81.6 cm³/mol. The van der Waals surface area contributed by atoms with Gasteiger partial charge in [0, 0.05) is 16.4 Å². The van der Waals surface area contributed by atoms with Gasteiger partial charge in [-0.2, -0.15) is 0 Å². The van der Waals surface area contributed by atoms with Gasteiger partial charge in [-0.1, -0.05) is 27.5 Å². The van der Waals surface area contributed by atoms with E-state index in [4.69, 9.17) is 17.3 Å². The molecule has 0 aliphatic heterocycles. The molecule has 0 heterocycles. The van der Waals surface area contributed by atoms with Crippen molar-refractivity contribution in [3.8, 4) is 0 Å². The van der Waals surface area contributed by atoms with E-state index < -0.39 is 0 Å². The Labute approximate surface area is 131 Å². The maximum absolute atomic E-state index is 12.2. The molecule has 0 radical (unpaired) electrons. The van der Waals surface area contributed by atoms with Crippen LogP contribution in [0.5, 0.6) is 0 Å². The van der Waals surface area contributed by atoms with Gasteiger partial charge >= 0.3 is 0 Å². The number of benzene rings is 1. The number of nitrogens with two attached hydrogens (primary N) is 1. The Hall–Kier alpha value is -1.07. The van der Waals surface area contributed by atoms with Gasteiger partial charge in [0.1, 0.15) is 0 Å². The largest absolute Gasteiger partial charge is 0.369 e. The van der Waals surface area contributed by atoms with Crippen molar-refractivity contribution in [1.29, 1.82) is 0 Å². The molecule has 0 unspecified atom stereocenters. The van der Waals surface area contributed by atoms with Crippen molar-refractivity contribution in [2.45, 2.75) is 31.7 Å². The van der Waals surface area contributed by atoms with Crippen molar-refractivity contribution in [3.05, 3.63) is 33.3 Å². The molecule has 1 aliphatic carbocycles. The number of hydrogen-bond donors (Lipinski definition) is 2. The lowest BCUT2D eigenvalue weighted by Crippen LogP contribution is -2.39. The fourth-order valence-electron chi connectivity index (χ4n) is 2.46. The van der Waals surface area contributed by atoms with Crippen LogP contribution in [0.25, 0.3) is 0 Å². The summed E-state index contributed by atoms with van der Waals surface area (Å²) in [5.41, 5.74) is 5.75. The van der Waals surface area contributed by atoms with Gasteiger partial charge in [0.25, 0.3) is 5.91 Å². The molecule has 6 heteroatoms. The number of halogens is 2. The van der Waals surface area contributed by atoms with E-state index in [-0.39, 0.29) is 23.8 Å². The van der Waals surface area contributed by atoms with Crippen LogP contribution in [-0.2, 0) is 4.79 Å². The van der Waals surface area contributed by atoms with E-state index in [0.717, 1.165) is 30.2 Å². The Morgan fingerprint density at radius 1 is 1.25 bits per heavy atom. The molecule has 1 aliphatic rings. The minimum absolute atomic E-state index is 0.0578. The van der Waals surface area contributed by atoms with Crippen molar-refractivity contribution < 1.29 is 9.59 Å². The topological polar surface area (TPSA) is 72.2 Å². The van der Waals surface area contributed by atoms with Gasteiger partial charge in [-0.15, -0.1) is 0 Å². The summed E-state index contributed by atoms with van der Waals surface area (Å²) in [6, 6.07) is 5.25. The first-order chi connectivity index (χ1) is 9.47. The highest BCUT2D eigenvalue weighted by molar-refractivity contribution is 9.10. The number of primary amides is 1. The number of amides is 2. The first kappa shape index (κ1) is 15.3. The Kier molecular flexibility index (Phi) is 5.05. The van der Waals surface area contributed by atoms with Gasteiger partial charge in [-0.25, -0.2) is 0 Å². The molecule has 0 spiro atoms. The van der Waals surface area contributed by atoms with Crippen LogP contribution < -0.4 is 11.1 Å². The van der Waals surface area contributed by atoms with Gasteiger partial charge < -0.3 is 11.1 Å². The monoisotopic (exact) mass is 358 g/mol. The van der Waals surface area contributed by atoms with Crippen LogP contribution >= 0.6 is 27.5 Å². The van der Waals surface area contributed by atoms with Crippen molar-refractivity contribution in [3.63, 3.8) is 0 Å². The zero-order chi connectivity index (χ0) is 14.7. The van der Waals surface area contributed by atoms with Crippen LogP contribution in [0.15, 0.2) is 22.7 Å². The number of rotatable bonds is 3. The van der Waals surface area contributed by atoms with Crippen LogP contribution in [0.4, 0.5) is 0 Å². The van der Waals surface area contributed by atoms with Crippen molar-refractivity contribution in [2.75, 3.05) is 0 Å². The minimum Gasteiger partial charge on any atom is -0.369 e. The summed E-state index contributed by atoms with van der Waals surface area (Å²) in [6.07, 6.45) is 2.99. The third-order valence-corrected chi connectivity index (χ3v) is 4.46. The summed E-state index contributed by atoms with van der Waals surface area (Å²) in [5, 5.41) is 3.39. The highest BCUT2D eigenvalue weighted by atomic mass is 79.9. The molecule has 0 atom stereocenters. The summed E-state index contributed by atoms with van der Waals surface area (Å²) in [4.78, 5) is 23.3. The molecule has 3 N–H and O–H groups in total. The van der Waals surface area contributed by atoms with Gasteiger partial charge in [-0.05, 0) is 43.9 Å². The van der Waals surface area contributed by atoms with E-state index in [1.54, 1.807) is 18.2 Å². The summed E-state index contributed by atoms with van der Waals surface area (Å²) < 4.78 is 0.810. The lowest BCUT2D eigenvalue weighted by Gasteiger charge is -2.27. The van der Waals surface area contributed by atoms with Crippen molar-refractivity contribution in [1.82, 2.24) is 5.32 Å². The second-order valence-corrected chi connectivity index (χ2v) is 6.37. The number of hydrogen-bond acceptors (Lipinski definition) is 2. The molecule has 20 heavy (non-hydrogen) atoms. The summed E-state index contributed by atoms with van der Waals surface area (Å²) >= 11 is 9.35. The van der Waals surface area contributed by atoms with E-state index in [1.165, 1.54) is 0 Å². The Balaban J connectivity index is 1.96. The smallest absolute Gasteiger partial charge is 0.253 e. The maximum atomic E-state index is 12.2. The van der Waals surface area contributed by atoms with E-state index in [1.807, 2.05) is 0 Å². The normalized spacial score (nSPS) is 22.3. The average molecular weight is 360 g/mol. The second-order valence-electron chi connectivity index (χ2n) is 5.05. The van der Waals surface area contributed by atoms with Gasteiger partial charge in [-0.3, -0.25) is 9.59 Å². The molecular formula is C14H16BrClN2O2. The molecule has 0 saturated heterocycles. The molecule has 0 aromatic heterocycles. The fourth-order valence-corrected chi connectivity index (χ4v) is 3.02. The SMILES string of the molecule is NC(=O)C1CCC(NC(=O)c2cc(Br)ccc2Cl)CC1. The first-order valence-electron chi connectivity index (χ1n) is 6.52. The lowest BCUT2D eigenvalue weighted by atomic mass is 9.85. The summed E-state index contributed by atoms with van der Waals surface area (Å²) in [7, 11) is 0. The zero-order valence-corrected chi connectivity index (χ0v) is 13.2. The van der Waals surface area contributed by atoms with Crippen molar-refractivity contribution in [2.24, 2.45) is 11.7 Å². The van der Waals surface area contributed by atoms with E-state index in [0.29, 0.717) is 10.6 Å². The van der Waals surface area contributed by atoms with Gasteiger partial charge in [0.05, 0.1) is 10.6 Å². The standard InChI is InChI=1S/C14H16BrClN2O2/c15-9-3-6-12(16)11(7-9)14(20)18-10-4-1-8(2-5-10)13(17)19/h3,6-8,10H,1-2,4-5H2,(H2,17,19)(H,18,20). The molecule has 1 fully saturated rings. The minimum atomic E-state index is -0.246. The zero-order valence-electron chi connectivity index (χ0n) is 10.9. The van der Waals surface area contributed by atoms with Crippen LogP contribution in [0.1, 0.15) is 36.0 Å². The molecular weight excluding hydrogens is 344 g/mol. The van der Waals surface area contributed by atoms with Crippen molar-refractivity contribution >= 4 is 39.3 Å². The first-order valence-corrected chi connectivity index (χ1v) is 7.69. The molecule has 0 bridgehead atoms. The summed E-state index contributed by atoms with van der Waals surface area (Å²) in [5.74, 6) is -0.485. The quantitative estimate of drug-likeness (QED) is 0.871. The fraction of sp³-hybridized carbons (Fsp3) is 0.429. The van der Waals surface area contributed by atoms with Crippen LogP contribution in [0.2, 0.25) is 5.02 Å². The lowest BCUT2D eigenvalue weighted by molar-refractivity contribution is -0.122. The Morgan fingerprint density at radius 3 is 2.50 bits per heavy atom. The highest BCUT2D eigenvalue weighted by Crippen LogP contribution is 2.25. The van der Waals surface area contributed by atoms with Crippen LogP contribution in [-0.4, -0.2) is 17.9 Å². The average Bonchev–Trinajstić information content (AvgIpc) is 2.42. The maximum Gasteiger partial charge on any atom is 0.253 e. The number of carbonyl (C=O) groups is 2. The van der Waals surface area contributed by atoms with Crippen LogP contribution in [0.3, 0.4) is 0 Å². The molecule has 2 rings (SSSR count). The third kappa shape index (κ3) is 3.73. The number of carbonyl (C=O) groups excluding carboxylic acids is 2. The summed E-state index contributed by atoms with van der Waals surface area (Å²) in [6.45, 7) is 0. The molecule has 108 valence electrons. The molecule has 1 aromatic rings. The third-order valence-electron chi connectivity index (χ3n) is 3.64. The van der Waals surface area contributed by atoms with E-state index in [2.05, 4.69) is 21.2 Å². The number of nitrogens with one attached hydrogen (secondary N) is 1. The van der Waals surface area contributed by atoms with E-state index in [9.17, 15) is 9.59 Å². The second kappa shape index (κ2) is 6.59. The molecule has 1 saturated carbocycles. The van der Waals surface area contributed by atoms with E-state index >= 15 is 0 Å². The predicted octanol–water partition coefficient (Wildman–Crippen LogP) is 2.88. The Bertz CT molecular complexity index is 528. The van der Waals surface area contributed by atoms with Gasteiger partial charge in [0.2, 0.25) is 5.91 Å². The van der Waals surface area contributed by atoms with Gasteiger partial charge in [0.15, 0.2) is 0 Å². The molecule has 4 nitrogen and oxygen atoms in total. The Morgan fingerprint density at radius 2 is 1.90 bits per heavy atom. The molecule has 2 amide bonds. The molecule has 1 aromatic carbocycles.